The summed E-state index contributed by atoms with van der Waals surface area (Å²) in [5.74, 6) is 0.571. The summed E-state index contributed by atoms with van der Waals surface area (Å²) in [6, 6.07) is 0. The van der Waals surface area contributed by atoms with E-state index in [9.17, 15) is 4.79 Å². The Balaban J connectivity index is 2.69. The molecule has 0 fully saturated rings. The van der Waals surface area contributed by atoms with Gasteiger partial charge in [0.05, 0.1) is 23.8 Å². The molecule has 5 nitrogen and oxygen atoms in total. The number of aldehydes is 1. The van der Waals surface area contributed by atoms with E-state index in [0.717, 1.165) is 23.9 Å². The van der Waals surface area contributed by atoms with Gasteiger partial charge in [-0.3, -0.25) is 4.79 Å². The average molecular weight is 219 g/mol. The standard InChI is InChI=1S/C11H13N3O2/c1-3-14-11-9(6-13-14)10(16-4-2)8(7-15)5-12-11/h5-7H,3-4H2,1-2H3. The van der Waals surface area contributed by atoms with Crippen LogP contribution in [0.4, 0.5) is 0 Å². The van der Waals surface area contributed by atoms with Crippen LogP contribution in [-0.2, 0) is 6.54 Å². The number of pyridine rings is 1. The zero-order valence-corrected chi connectivity index (χ0v) is 9.30. The van der Waals surface area contributed by atoms with Crippen LogP contribution in [0.25, 0.3) is 11.0 Å². The number of rotatable bonds is 4. The van der Waals surface area contributed by atoms with E-state index in [1.807, 2.05) is 13.8 Å². The summed E-state index contributed by atoms with van der Waals surface area (Å²) in [7, 11) is 0. The number of hydrogen-bond acceptors (Lipinski definition) is 4. The van der Waals surface area contributed by atoms with Gasteiger partial charge in [-0.1, -0.05) is 0 Å². The third kappa shape index (κ3) is 1.54. The van der Waals surface area contributed by atoms with Crippen molar-refractivity contribution in [2.24, 2.45) is 0 Å². The molecule has 0 bridgehead atoms. The summed E-state index contributed by atoms with van der Waals surface area (Å²) >= 11 is 0. The number of aryl methyl sites for hydroxylation is 1. The smallest absolute Gasteiger partial charge is 0.161 e. The van der Waals surface area contributed by atoms with Gasteiger partial charge in [0.1, 0.15) is 5.75 Å². The van der Waals surface area contributed by atoms with Crippen LogP contribution in [0, 0.1) is 0 Å². The van der Waals surface area contributed by atoms with E-state index in [1.54, 1.807) is 10.9 Å². The molecule has 0 aliphatic rings. The number of ether oxygens (including phenoxy) is 1. The summed E-state index contributed by atoms with van der Waals surface area (Å²) in [6.07, 6.45) is 3.96. The lowest BCUT2D eigenvalue weighted by atomic mass is 10.2. The van der Waals surface area contributed by atoms with Gasteiger partial charge in [0.15, 0.2) is 11.9 Å². The van der Waals surface area contributed by atoms with Gasteiger partial charge >= 0.3 is 0 Å². The van der Waals surface area contributed by atoms with Gasteiger partial charge < -0.3 is 4.74 Å². The summed E-state index contributed by atoms with van der Waals surface area (Å²) in [5, 5.41) is 4.98. The monoisotopic (exact) mass is 219 g/mol. The maximum Gasteiger partial charge on any atom is 0.161 e. The van der Waals surface area contributed by atoms with Crippen molar-refractivity contribution in [2.75, 3.05) is 6.61 Å². The van der Waals surface area contributed by atoms with E-state index >= 15 is 0 Å². The Labute approximate surface area is 93.0 Å². The topological polar surface area (TPSA) is 57.0 Å². The highest BCUT2D eigenvalue weighted by atomic mass is 16.5. The van der Waals surface area contributed by atoms with Crippen LogP contribution < -0.4 is 4.74 Å². The van der Waals surface area contributed by atoms with Gasteiger partial charge in [0.2, 0.25) is 0 Å². The Bertz CT molecular complexity index is 519. The SMILES string of the molecule is CCOc1c(C=O)cnc2c1cnn2CC. The van der Waals surface area contributed by atoms with Crippen molar-refractivity contribution in [1.82, 2.24) is 14.8 Å². The van der Waals surface area contributed by atoms with Crippen molar-refractivity contribution in [3.63, 3.8) is 0 Å². The Morgan fingerprint density at radius 3 is 2.88 bits per heavy atom. The van der Waals surface area contributed by atoms with Crippen LogP contribution in [0.5, 0.6) is 5.75 Å². The molecule has 0 atom stereocenters. The van der Waals surface area contributed by atoms with E-state index in [4.69, 9.17) is 4.74 Å². The molecule has 0 aliphatic heterocycles. The van der Waals surface area contributed by atoms with Gasteiger partial charge in [-0.15, -0.1) is 0 Å². The fourth-order valence-electron chi connectivity index (χ4n) is 1.64. The molecule has 84 valence electrons. The molecule has 0 radical (unpaired) electrons. The number of aromatic nitrogens is 3. The van der Waals surface area contributed by atoms with Crippen molar-refractivity contribution < 1.29 is 9.53 Å². The Hall–Kier alpha value is -1.91. The largest absolute Gasteiger partial charge is 0.492 e. The predicted octanol–water partition coefficient (Wildman–Crippen LogP) is 1.66. The second-order valence-electron chi connectivity index (χ2n) is 3.29. The lowest BCUT2D eigenvalue weighted by molar-refractivity contribution is 0.112. The molecule has 2 rings (SSSR count). The minimum atomic E-state index is 0.463. The predicted molar refractivity (Wildman–Crippen MR) is 59.8 cm³/mol. The van der Waals surface area contributed by atoms with E-state index in [1.165, 1.54) is 6.20 Å². The molecule has 0 amide bonds. The van der Waals surface area contributed by atoms with Gasteiger partial charge in [0, 0.05) is 12.7 Å². The minimum Gasteiger partial charge on any atom is -0.492 e. The first-order valence-electron chi connectivity index (χ1n) is 5.24. The maximum absolute atomic E-state index is 10.9. The van der Waals surface area contributed by atoms with Crippen molar-refractivity contribution in [3.8, 4) is 5.75 Å². The molecular weight excluding hydrogens is 206 g/mol. The molecule has 2 aromatic heterocycles. The number of hydrogen-bond donors (Lipinski definition) is 0. The van der Waals surface area contributed by atoms with Crippen LogP contribution >= 0.6 is 0 Å². The highest BCUT2D eigenvalue weighted by Gasteiger charge is 2.12. The zero-order valence-electron chi connectivity index (χ0n) is 9.30. The van der Waals surface area contributed by atoms with E-state index < -0.39 is 0 Å². The van der Waals surface area contributed by atoms with E-state index in [0.29, 0.717) is 17.9 Å². The van der Waals surface area contributed by atoms with Gasteiger partial charge in [-0.05, 0) is 13.8 Å². The molecule has 2 heterocycles. The molecule has 2 aromatic rings. The summed E-state index contributed by atoms with van der Waals surface area (Å²) in [6.45, 7) is 5.12. The third-order valence-electron chi connectivity index (χ3n) is 2.36. The number of carbonyl (C=O) groups is 1. The van der Waals surface area contributed by atoms with Crippen LogP contribution in [0.15, 0.2) is 12.4 Å². The van der Waals surface area contributed by atoms with Crippen molar-refractivity contribution in [1.29, 1.82) is 0 Å². The summed E-state index contributed by atoms with van der Waals surface area (Å²) in [4.78, 5) is 15.1. The van der Waals surface area contributed by atoms with E-state index in [-0.39, 0.29) is 0 Å². The molecule has 0 aromatic carbocycles. The highest BCUT2D eigenvalue weighted by Crippen LogP contribution is 2.27. The van der Waals surface area contributed by atoms with Crippen LogP contribution in [0.3, 0.4) is 0 Å². The number of carbonyl (C=O) groups excluding carboxylic acids is 1. The fourth-order valence-corrected chi connectivity index (χ4v) is 1.64. The second kappa shape index (κ2) is 4.30. The highest BCUT2D eigenvalue weighted by molar-refractivity contribution is 5.91. The van der Waals surface area contributed by atoms with E-state index in [2.05, 4.69) is 10.1 Å². The molecule has 0 N–H and O–H groups in total. The zero-order chi connectivity index (χ0) is 11.5. The molecule has 0 saturated carbocycles. The molecule has 5 heteroatoms. The third-order valence-corrected chi connectivity index (χ3v) is 2.36. The molecular formula is C11H13N3O2. The summed E-state index contributed by atoms with van der Waals surface area (Å²) in [5.41, 5.74) is 1.21. The lowest BCUT2D eigenvalue weighted by Crippen LogP contribution is -2.00. The van der Waals surface area contributed by atoms with Gasteiger partial charge in [-0.25, -0.2) is 9.67 Å². The molecule has 0 unspecified atom stereocenters. The van der Waals surface area contributed by atoms with Crippen LogP contribution in [-0.4, -0.2) is 27.7 Å². The molecule has 0 aliphatic carbocycles. The van der Waals surface area contributed by atoms with Gasteiger partial charge in [-0.2, -0.15) is 5.10 Å². The van der Waals surface area contributed by atoms with Crippen molar-refractivity contribution in [3.05, 3.63) is 18.0 Å². The minimum absolute atomic E-state index is 0.463. The van der Waals surface area contributed by atoms with Crippen molar-refractivity contribution >= 4 is 17.3 Å². The first-order valence-corrected chi connectivity index (χ1v) is 5.24. The first-order chi connectivity index (χ1) is 7.81. The second-order valence-corrected chi connectivity index (χ2v) is 3.29. The van der Waals surface area contributed by atoms with Crippen LogP contribution in [0.2, 0.25) is 0 Å². The number of nitrogens with zero attached hydrogens (tertiary/aromatic N) is 3. The van der Waals surface area contributed by atoms with Gasteiger partial charge in [0.25, 0.3) is 0 Å². The summed E-state index contributed by atoms with van der Waals surface area (Å²) < 4.78 is 7.24. The quantitative estimate of drug-likeness (QED) is 0.734. The average Bonchev–Trinajstić information content (AvgIpc) is 2.73. The maximum atomic E-state index is 10.9. The molecule has 0 saturated heterocycles. The molecule has 16 heavy (non-hydrogen) atoms. The first kappa shape index (κ1) is 10.6. The number of fused-ring (bicyclic) bond motifs is 1. The normalized spacial score (nSPS) is 10.6. The Morgan fingerprint density at radius 2 is 2.25 bits per heavy atom. The van der Waals surface area contributed by atoms with Crippen molar-refractivity contribution in [2.45, 2.75) is 20.4 Å². The molecule has 0 spiro atoms. The Morgan fingerprint density at radius 1 is 1.44 bits per heavy atom. The Kier molecular flexibility index (Phi) is 2.85. The van der Waals surface area contributed by atoms with Crippen LogP contribution in [0.1, 0.15) is 24.2 Å². The fraction of sp³-hybridized carbons (Fsp3) is 0.364. The lowest BCUT2D eigenvalue weighted by Gasteiger charge is -2.06.